The quantitative estimate of drug-likeness (QED) is 0.716. The molecule has 0 aromatic rings. The Bertz CT molecular complexity index is 284. The van der Waals surface area contributed by atoms with Gasteiger partial charge in [0.15, 0.2) is 0 Å². The van der Waals surface area contributed by atoms with E-state index in [-0.39, 0.29) is 12.1 Å². The summed E-state index contributed by atoms with van der Waals surface area (Å²) in [4.78, 5) is 0. The van der Waals surface area contributed by atoms with E-state index in [0.29, 0.717) is 0 Å². The monoisotopic (exact) mass is 235 g/mol. The van der Waals surface area contributed by atoms with Crippen LogP contribution < -0.4 is 10.0 Å². The van der Waals surface area contributed by atoms with Crippen molar-refractivity contribution in [1.29, 1.82) is 0 Å². The van der Waals surface area contributed by atoms with Crippen molar-refractivity contribution >= 4 is 10.2 Å². The Hall–Kier alpha value is -0.170. The maximum atomic E-state index is 11.8. The fraction of sp³-hybridized carbons (Fsp3) is 1.00. The van der Waals surface area contributed by atoms with Crippen LogP contribution in [0.25, 0.3) is 0 Å². The van der Waals surface area contributed by atoms with Crippen LogP contribution in [0.1, 0.15) is 26.7 Å². The first kappa shape index (κ1) is 12.9. The molecule has 0 unspecified atom stereocenters. The summed E-state index contributed by atoms with van der Waals surface area (Å²) in [5.74, 6) is 0. The summed E-state index contributed by atoms with van der Waals surface area (Å²) >= 11 is 0. The van der Waals surface area contributed by atoms with Crippen molar-refractivity contribution in [3.63, 3.8) is 0 Å². The van der Waals surface area contributed by atoms with Gasteiger partial charge in [0.1, 0.15) is 0 Å². The smallest absolute Gasteiger partial charge is 0.279 e. The average molecular weight is 235 g/mol. The number of nitrogens with one attached hydrogen (secondary N) is 2. The Kier molecular flexibility index (Phi) is 4.51. The SMILES string of the molecule is CC(C)N(C)S(=O)(=O)N[C@@H]1CCCNC1. The highest BCUT2D eigenvalue weighted by molar-refractivity contribution is 7.87. The number of piperidine rings is 1. The molecule has 1 heterocycles. The highest BCUT2D eigenvalue weighted by Crippen LogP contribution is 2.06. The van der Waals surface area contributed by atoms with Crippen LogP contribution in [0.5, 0.6) is 0 Å². The van der Waals surface area contributed by atoms with Gasteiger partial charge in [-0.25, -0.2) is 0 Å². The van der Waals surface area contributed by atoms with Crippen LogP contribution in [0.15, 0.2) is 0 Å². The van der Waals surface area contributed by atoms with Gasteiger partial charge in [-0.15, -0.1) is 0 Å². The zero-order valence-corrected chi connectivity index (χ0v) is 10.5. The summed E-state index contributed by atoms with van der Waals surface area (Å²) < 4.78 is 27.7. The Labute approximate surface area is 92.4 Å². The molecule has 1 aliphatic rings. The van der Waals surface area contributed by atoms with Gasteiger partial charge in [-0.3, -0.25) is 0 Å². The summed E-state index contributed by atoms with van der Waals surface area (Å²) in [5, 5.41) is 3.18. The minimum atomic E-state index is -3.32. The number of hydrogen-bond donors (Lipinski definition) is 2. The van der Waals surface area contributed by atoms with E-state index in [4.69, 9.17) is 0 Å². The maximum Gasteiger partial charge on any atom is 0.279 e. The van der Waals surface area contributed by atoms with Crippen LogP contribution in [0.2, 0.25) is 0 Å². The van der Waals surface area contributed by atoms with E-state index in [2.05, 4.69) is 10.0 Å². The van der Waals surface area contributed by atoms with Gasteiger partial charge >= 0.3 is 0 Å². The molecule has 0 aliphatic carbocycles. The molecule has 1 atom stereocenters. The van der Waals surface area contributed by atoms with E-state index < -0.39 is 10.2 Å². The first-order chi connectivity index (χ1) is 6.93. The molecule has 0 amide bonds. The van der Waals surface area contributed by atoms with E-state index in [1.165, 1.54) is 4.31 Å². The number of rotatable bonds is 4. The lowest BCUT2D eigenvalue weighted by molar-refractivity contribution is 0.377. The Morgan fingerprint density at radius 1 is 1.47 bits per heavy atom. The van der Waals surface area contributed by atoms with Crippen LogP contribution >= 0.6 is 0 Å². The molecule has 1 aliphatic heterocycles. The molecule has 1 saturated heterocycles. The lowest BCUT2D eigenvalue weighted by atomic mass is 10.1. The lowest BCUT2D eigenvalue weighted by Crippen LogP contribution is -2.51. The minimum Gasteiger partial charge on any atom is -0.315 e. The normalized spacial score (nSPS) is 23.7. The van der Waals surface area contributed by atoms with Gasteiger partial charge in [-0.1, -0.05) is 0 Å². The van der Waals surface area contributed by atoms with Crippen LogP contribution in [-0.4, -0.2) is 44.9 Å². The second-order valence-electron chi connectivity index (χ2n) is 4.28. The van der Waals surface area contributed by atoms with E-state index in [1.54, 1.807) is 7.05 Å². The molecular weight excluding hydrogens is 214 g/mol. The number of nitrogens with zero attached hydrogens (tertiary/aromatic N) is 1. The Balaban J connectivity index is 2.55. The van der Waals surface area contributed by atoms with Crippen molar-refractivity contribution < 1.29 is 8.42 Å². The Morgan fingerprint density at radius 2 is 2.13 bits per heavy atom. The Morgan fingerprint density at radius 3 is 2.60 bits per heavy atom. The van der Waals surface area contributed by atoms with Gasteiger partial charge in [-0.05, 0) is 33.2 Å². The van der Waals surface area contributed by atoms with Crippen molar-refractivity contribution in [2.45, 2.75) is 38.8 Å². The highest BCUT2D eigenvalue weighted by atomic mass is 32.2. The van der Waals surface area contributed by atoms with Crippen molar-refractivity contribution in [1.82, 2.24) is 14.3 Å². The highest BCUT2D eigenvalue weighted by Gasteiger charge is 2.24. The van der Waals surface area contributed by atoms with Crippen molar-refractivity contribution in [2.24, 2.45) is 0 Å². The van der Waals surface area contributed by atoms with Crippen LogP contribution in [0.3, 0.4) is 0 Å². The van der Waals surface area contributed by atoms with Crippen molar-refractivity contribution in [2.75, 3.05) is 20.1 Å². The molecule has 0 bridgehead atoms. The second-order valence-corrected chi connectivity index (χ2v) is 6.04. The maximum absolute atomic E-state index is 11.8. The largest absolute Gasteiger partial charge is 0.315 e. The van der Waals surface area contributed by atoms with Crippen LogP contribution in [0.4, 0.5) is 0 Å². The van der Waals surface area contributed by atoms with E-state index in [0.717, 1.165) is 25.9 Å². The zero-order valence-electron chi connectivity index (χ0n) is 9.66. The van der Waals surface area contributed by atoms with E-state index in [1.807, 2.05) is 13.8 Å². The van der Waals surface area contributed by atoms with E-state index >= 15 is 0 Å². The second kappa shape index (κ2) is 5.25. The summed E-state index contributed by atoms with van der Waals surface area (Å²) in [5.41, 5.74) is 0. The predicted octanol–water partition coefficient (Wildman–Crippen LogP) is -0.0870. The third-order valence-electron chi connectivity index (χ3n) is 2.72. The van der Waals surface area contributed by atoms with Crippen molar-refractivity contribution in [3.05, 3.63) is 0 Å². The molecule has 0 aromatic carbocycles. The lowest BCUT2D eigenvalue weighted by Gasteiger charge is -2.28. The molecule has 0 aromatic heterocycles. The van der Waals surface area contributed by atoms with Gasteiger partial charge < -0.3 is 5.32 Å². The average Bonchev–Trinajstić information content (AvgIpc) is 2.17. The van der Waals surface area contributed by atoms with Gasteiger partial charge in [0.05, 0.1) is 0 Å². The molecule has 6 heteroatoms. The summed E-state index contributed by atoms with van der Waals surface area (Å²) in [6, 6.07) is 0.0176. The summed E-state index contributed by atoms with van der Waals surface area (Å²) in [7, 11) is -1.72. The molecular formula is C9H21N3O2S. The molecule has 2 N–H and O–H groups in total. The fourth-order valence-corrected chi connectivity index (χ4v) is 2.87. The summed E-state index contributed by atoms with van der Waals surface area (Å²) in [6.45, 7) is 5.43. The third kappa shape index (κ3) is 3.71. The molecule has 0 spiro atoms. The zero-order chi connectivity index (χ0) is 11.5. The molecule has 15 heavy (non-hydrogen) atoms. The van der Waals surface area contributed by atoms with E-state index in [9.17, 15) is 8.42 Å². The van der Waals surface area contributed by atoms with Crippen molar-refractivity contribution in [3.8, 4) is 0 Å². The van der Waals surface area contributed by atoms with Crippen LogP contribution in [-0.2, 0) is 10.2 Å². The molecule has 1 fully saturated rings. The molecule has 90 valence electrons. The van der Waals surface area contributed by atoms with Gasteiger partial charge in [0.25, 0.3) is 10.2 Å². The standard InChI is InChI=1S/C9H21N3O2S/c1-8(2)12(3)15(13,14)11-9-5-4-6-10-7-9/h8-11H,4-7H2,1-3H3/t9-/m1/s1. The first-order valence-corrected chi connectivity index (χ1v) is 6.83. The molecule has 5 nitrogen and oxygen atoms in total. The molecule has 0 radical (unpaired) electrons. The first-order valence-electron chi connectivity index (χ1n) is 5.39. The third-order valence-corrected chi connectivity index (χ3v) is 4.53. The van der Waals surface area contributed by atoms with Gasteiger partial charge in [0, 0.05) is 25.7 Å². The fourth-order valence-electron chi connectivity index (χ4n) is 1.52. The topological polar surface area (TPSA) is 61.4 Å². The summed E-state index contributed by atoms with van der Waals surface area (Å²) in [6.07, 6.45) is 1.94. The van der Waals surface area contributed by atoms with Gasteiger partial charge in [-0.2, -0.15) is 17.4 Å². The predicted molar refractivity (Wildman–Crippen MR) is 60.8 cm³/mol. The number of hydrogen-bond acceptors (Lipinski definition) is 3. The van der Waals surface area contributed by atoms with Gasteiger partial charge in [0.2, 0.25) is 0 Å². The van der Waals surface area contributed by atoms with Crippen LogP contribution in [0, 0.1) is 0 Å². The minimum absolute atomic E-state index is 0.0148. The molecule has 1 rings (SSSR count). The molecule has 0 saturated carbocycles.